The molecule has 2 amide bonds. The minimum absolute atomic E-state index is 0.0240. The molecular formula is C23H23ClN2O2S2. The van der Waals surface area contributed by atoms with Crippen molar-refractivity contribution in [1.82, 2.24) is 4.90 Å². The van der Waals surface area contributed by atoms with E-state index in [4.69, 9.17) is 23.8 Å². The summed E-state index contributed by atoms with van der Waals surface area (Å²) in [6, 6.07) is 15.0. The second kappa shape index (κ2) is 10.8. The first kappa shape index (κ1) is 22.5. The highest BCUT2D eigenvalue weighted by molar-refractivity contribution is 8.26. The summed E-state index contributed by atoms with van der Waals surface area (Å²) in [6.07, 6.45) is 4.76. The van der Waals surface area contributed by atoms with Crippen molar-refractivity contribution in [2.45, 2.75) is 32.6 Å². The number of hydrogen-bond acceptors (Lipinski definition) is 4. The molecule has 0 atom stereocenters. The molecule has 0 radical (unpaired) electrons. The van der Waals surface area contributed by atoms with Crippen molar-refractivity contribution in [3.05, 3.63) is 69.6 Å². The van der Waals surface area contributed by atoms with Gasteiger partial charge in [-0.1, -0.05) is 66.3 Å². The Morgan fingerprint density at radius 3 is 2.60 bits per heavy atom. The fourth-order valence-corrected chi connectivity index (χ4v) is 4.50. The van der Waals surface area contributed by atoms with Crippen LogP contribution in [0.5, 0.6) is 0 Å². The Hall–Kier alpha value is -2.15. The first-order valence-corrected chi connectivity index (χ1v) is 11.4. The molecule has 1 aliphatic heterocycles. The summed E-state index contributed by atoms with van der Waals surface area (Å²) in [4.78, 5) is 27.1. The van der Waals surface area contributed by atoms with E-state index in [9.17, 15) is 9.59 Å². The van der Waals surface area contributed by atoms with Crippen molar-refractivity contribution in [3.63, 3.8) is 0 Å². The highest BCUT2D eigenvalue weighted by atomic mass is 35.5. The van der Waals surface area contributed by atoms with Gasteiger partial charge in [0, 0.05) is 23.7 Å². The van der Waals surface area contributed by atoms with Crippen molar-refractivity contribution in [2.24, 2.45) is 0 Å². The highest BCUT2D eigenvalue weighted by Crippen LogP contribution is 2.33. The van der Waals surface area contributed by atoms with Gasteiger partial charge in [0.2, 0.25) is 5.91 Å². The summed E-state index contributed by atoms with van der Waals surface area (Å²) in [5.41, 5.74) is 2.90. The number of rotatable bonds is 8. The Labute approximate surface area is 191 Å². The molecule has 3 rings (SSSR count). The molecule has 1 fully saturated rings. The maximum atomic E-state index is 12.7. The van der Waals surface area contributed by atoms with Crippen LogP contribution in [0.1, 0.15) is 36.8 Å². The number of aryl methyl sites for hydroxylation is 1. The lowest BCUT2D eigenvalue weighted by Crippen LogP contribution is -2.29. The first-order valence-electron chi connectivity index (χ1n) is 9.80. The number of nitrogens with zero attached hydrogens (tertiary/aromatic N) is 1. The number of carbonyl (C=O) groups is 2. The SMILES string of the molecule is Cc1ccccc1/C=C1\SC(=S)N(CCCCCC(=O)Nc2ccc(Cl)cc2)C1=O. The number of halogens is 1. The zero-order chi connectivity index (χ0) is 21.5. The number of anilines is 1. The van der Waals surface area contributed by atoms with Crippen LogP contribution in [-0.4, -0.2) is 27.6 Å². The molecule has 156 valence electrons. The number of thioether (sulfide) groups is 1. The van der Waals surface area contributed by atoms with Crippen LogP contribution < -0.4 is 5.32 Å². The van der Waals surface area contributed by atoms with Crippen LogP contribution in [0.3, 0.4) is 0 Å². The fraction of sp³-hybridized carbons (Fsp3) is 0.261. The van der Waals surface area contributed by atoms with Crippen LogP contribution in [0.15, 0.2) is 53.4 Å². The van der Waals surface area contributed by atoms with Crippen molar-refractivity contribution in [3.8, 4) is 0 Å². The molecule has 0 aromatic heterocycles. The van der Waals surface area contributed by atoms with E-state index in [1.54, 1.807) is 29.2 Å². The van der Waals surface area contributed by atoms with Crippen molar-refractivity contribution in [2.75, 3.05) is 11.9 Å². The Morgan fingerprint density at radius 2 is 1.87 bits per heavy atom. The average molecular weight is 459 g/mol. The van der Waals surface area contributed by atoms with Gasteiger partial charge in [-0.2, -0.15) is 0 Å². The molecule has 7 heteroatoms. The molecule has 1 saturated heterocycles. The Balaban J connectivity index is 1.42. The van der Waals surface area contributed by atoms with E-state index in [1.165, 1.54) is 11.8 Å². The van der Waals surface area contributed by atoms with E-state index in [0.717, 1.165) is 36.1 Å². The van der Waals surface area contributed by atoms with Crippen LogP contribution in [0.25, 0.3) is 6.08 Å². The molecule has 2 aromatic rings. The molecule has 0 aliphatic carbocycles. The summed E-state index contributed by atoms with van der Waals surface area (Å²) in [5, 5.41) is 3.49. The van der Waals surface area contributed by atoms with Crippen LogP contribution >= 0.6 is 35.6 Å². The zero-order valence-corrected chi connectivity index (χ0v) is 19.1. The Kier molecular flexibility index (Phi) is 8.08. The van der Waals surface area contributed by atoms with Gasteiger partial charge in [-0.15, -0.1) is 0 Å². The van der Waals surface area contributed by atoms with Crippen LogP contribution in [0, 0.1) is 6.92 Å². The Morgan fingerprint density at radius 1 is 1.13 bits per heavy atom. The minimum Gasteiger partial charge on any atom is -0.326 e. The van der Waals surface area contributed by atoms with Gasteiger partial charge in [-0.3, -0.25) is 14.5 Å². The maximum absolute atomic E-state index is 12.7. The van der Waals surface area contributed by atoms with E-state index >= 15 is 0 Å². The molecule has 2 aromatic carbocycles. The highest BCUT2D eigenvalue weighted by Gasteiger charge is 2.31. The summed E-state index contributed by atoms with van der Waals surface area (Å²) in [5.74, 6) is -0.0576. The van der Waals surface area contributed by atoms with Gasteiger partial charge in [-0.25, -0.2) is 0 Å². The molecule has 1 N–H and O–H groups in total. The van der Waals surface area contributed by atoms with Gasteiger partial charge in [0.1, 0.15) is 4.32 Å². The summed E-state index contributed by atoms with van der Waals surface area (Å²) in [7, 11) is 0. The number of amides is 2. The van der Waals surface area contributed by atoms with Crippen LogP contribution in [0.2, 0.25) is 5.02 Å². The quantitative estimate of drug-likeness (QED) is 0.297. The predicted molar refractivity (Wildman–Crippen MR) is 130 cm³/mol. The molecule has 4 nitrogen and oxygen atoms in total. The van der Waals surface area contributed by atoms with Crippen molar-refractivity contribution < 1.29 is 9.59 Å². The second-order valence-corrected chi connectivity index (χ2v) is 9.17. The molecule has 0 spiro atoms. The molecular weight excluding hydrogens is 436 g/mol. The Bertz CT molecular complexity index is 973. The number of hydrogen-bond donors (Lipinski definition) is 1. The van der Waals surface area contributed by atoms with E-state index in [1.807, 2.05) is 37.3 Å². The fourth-order valence-electron chi connectivity index (χ4n) is 3.07. The number of unbranched alkanes of at least 4 members (excludes halogenated alkanes) is 2. The van der Waals surface area contributed by atoms with Gasteiger partial charge >= 0.3 is 0 Å². The van der Waals surface area contributed by atoms with Gasteiger partial charge in [0.05, 0.1) is 4.91 Å². The zero-order valence-electron chi connectivity index (χ0n) is 16.7. The molecule has 1 aliphatic rings. The maximum Gasteiger partial charge on any atom is 0.266 e. The number of thiocarbonyl (C=S) groups is 1. The summed E-state index contributed by atoms with van der Waals surface area (Å²) >= 11 is 12.6. The van der Waals surface area contributed by atoms with Gasteiger partial charge in [-0.05, 0) is 61.2 Å². The molecule has 0 saturated carbocycles. The molecule has 30 heavy (non-hydrogen) atoms. The molecule has 1 heterocycles. The monoisotopic (exact) mass is 458 g/mol. The van der Waals surface area contributed by atoms with Gasteiger partial charge in [0.15, 0.2) is 0 Å². The third-order valence-electron chi connectivity index (χ3n) is 4.76. The van der Waals surface area contributed by atoms with Gasteiger partial charge < -0.3 is 5.32 Å². The number of nitrogens with one attached hydrogen (secondary N) is 1. The van der Waals surface area contributed by atoms with Crippen LogP contribution in [0.4, 0.5) is 5.69 Å². The van der Waals surface area contributed by atoms with Crippen LogP contribution in [-0.2, 0) is 9.59 Å². The number of benzene rings is 2. The van der Waals surface area contributed by atoms with E-state index in [0.29, 0.717) is 27.2 Å². The van der Waals surface area contributed by atoms with E-state index in [2.05, 4.69) is 5.32 Å². The van der Waals surface area contributed by atoms with Crippen molar-refractivity contribution >= 4 is 63.5 Å². The first-order chi connectivity index (χ1) is 14.4. The lowest BCUT2D eigenvalue weighted by atomic mass is 10.1. The average Bonchev–Trinajstić information content (AvgIpc) is 2.98. The third-order valence-corrected chi connectivity index (χ3v) is 6.39. The molecule has 0 unspecified atom stereocenters. The lowest BCUT2D eigenvalue weighted by molar-refractivity contribution is -0.122. The topological polar surface area (TPSA) is 49.4 Å². The van der Waals surface area contributed by atoms with Crippen molar-refractivity contribution in [1.29, 1.82) is 0 Å². The minimum atomic E-state index is -0.0336. The summed E-state index contributed by atoms with van der Waals surface area (Å²) < 4.78 is 0.598. The predicted octanol–water partition coefficient (Wildman–Crippen LogP) is 6.05. The second-order valence-electron chi connectivity index (χ2n) is 7.06. The summed E-state index contributed by atoms with van der Waals surface area (Å²) in [6.45, 7) is 2.60. The molecule has 0 bridgehead atoms. The third kappa shape index (κ3) is 6.17. The smallest absolute Gasteiger partial charge is 0.266 e. The van der Waals surface area contributed by atoms with Gasteiger partial charge in [0.25, 0.3) is 5.91 Å². The van der Waals surface area contributed by atoms with E-state index < -0.39 is 0 Å². The standard InChI is InChI=1S/C23H23ClN2O2S2/c1-16-7-4-5-8-17(16)15-20-22(28)26(23(29)30-20)14-6-2-3-9-21(27)25-19-12-10-18(24)11-13-19/h4-5,7-8,10-13,15H,2-3,6,9,14H2,1H3,(H,25,27)/b20-15-. The lowest BCUT2D eigenvalue weighted by Gasteiger charge is -2.14. The largest absolute Gasteiger partial charge is 0.326 e. The normalized spacial score (nSPS) is 15.1. The van der Waals surface area contributed by atoms with E-state index in [-0.39, 0.29) is 11.8 Å². The number of carbonyl (C=O) groups excluding carboxylic acids is 2.